The molecule has 0 saturated carbocycles. The molecule has 136 valence electrons. The largest absolute Gasteiger partial charge is 0.486 e. The Hall–Kier alpha value is -2.53. The molecule has 2 heterocycles. The molecule has 26 heavy (non-hydrogen) atoms. The number of aliphatic hydroxyl groups is 1. The molecular formula is C21H23NO4. The molecule has 4 rings (SSSR count). The van der Waals surface area contributed by atoms with Crippen LogP contribution < -0.4 is 9.47 Å². The van der Waals surface area contributed by atoms with Gasteiger partial charge in [-0.15, -0.1) is 0 Å². The number of fused-ring (bicyclic) bond motifs is 1. The number of carbonyl (C=O) groups excluding carboxylic acids is 1. The maximum Gasteiger partial charge on any atom is 0.257 e. The summed E-state index contributed by atoms with van der Waals surface area (Å²) in [5.74, 6) is 1.33. The second-order valence-electron chi connectivity index (χ2n) is 6.81. The molecule has 0 aliphatic carbocycles. The maximum atomic E-state index is 12.9. The quantitative estimate of drug-likeness (QED) is 0.921. The van der Waals surface area contributed by atoms with Crippen molar-refractivity contribution in [2.75, 3.05) is 26.3 Å². The SMILES string of the molecule is O=C(c1cccc2c1OCCO2)N1CCC(C(O)c2ccccc2)CC1. The molecule has 1 fully saturated rings. The molecule has 1 unspecified atom stereocenters. The lowest BCUT2D eigenvalue weighted by Crippen LogP contribution is -2.40. The van der Waals surface area contributed by atoms with Crippen molar-refractivity contribution in [2.24, 2.45) is 5.92 Å². The monoisotopic (exact) mass is 353 g/mol. The normalized spacial score (nSPS) is 18.4. The number of carbonyl (C=O) groups is 1. The fraction of sp³-hybridized carbons (Fsp3) is 0.381. The van der Waals surface area contributed by atoms with E-state index in [2.05, 4.69) is 0 Å². The summed E-state index contributed by atoms with van der Waals surface area (Å²) in [6.45, 7) is 2.24. The second-order valence-corrected chi connectivity index (χ2v) is 6.81. The van der Waals surface area contributed by atoms with Gasteiger partial charge >= 0.3 is 0 Å². The van der Waals surface area contributed by atoms with Crippen LogP contribution in [0.1, 0.15) is 34.9 Å². The van der Waals surface area contributed by atoms with Gasteiger partial charge in [-0.2, -0.15) is 0 Å². The summed E-state index contributed by atoms with van der Waals surface area (Å²) >= 11 is 0. The zero-order valence-electron chi connectivity index (χ0n) is 14.6. The van der Waals surface area contributed by atoms with Gasteiger partial charge in [0, 0.05) is 13.1 Å². The average Bonchev–Trinajstić information content (AvgIpc) is 2.73. The summed E-state index contributed by atoms with van der Waals surface area (Å²) in [7, 11) is 0. The van der Waals surface area contributed by atoms with Gasteiger partial charge in [0.15, 0.2) is 11.5 Å². The summed E-state index contributed by atoms with van der Waals surface area (Å²) in [6.07, 6.45) is 1.09. The number of nitrogens with zero attached hydrogens (tertiary/aromatic N) is 1. The predicted molar refractivity (Wildman–Crippen MR) is 97.5 cm³/mol. The van der Waals surface area contributed by atoms with Crippen molar-refractivity contribution in [3.63, 3.8) is 0 Å². The molecule has 0 spiro atoms. The number of para-hydroxylation sites is 1. The van der Waals surface area contributed by atoms with Crippen molar-refractivity contribution < 1.29 is 19.4 Å². The smallest absolute Gasteiger partial charge is 0.257 e. The predicted octanol–water partition coefficient (Wildman–Crippen LogP) is 3.04. The molecule has 0 aromatic heterocycles. The van der Waals surface area contributed by atoms with E-state index < -0.39 is 6.10 Å². The minimum absolute atomic E-state index is 0.0278. The second kappa shape index (κ2) is 7.38. The van der Waals surface area contributed by atoms with Crippen LogP contribution in [0.4, 0.5) is 0 Å². The Bertz CT molecular complexity index is 769. The molecule has 2 aromatic carbocycles. The first-order chi connectivity index (χ1) is 12.7. The van der Waals surface area contributed by atoms with Crippen LogP contribution in [0.2, 0.25) is 0 Å². The fourth-order valence-electron chi connectivity index (χ4n) is 3.75. The van der Waals surface area contributed by atoms with Gasteiger partial charge in [-0.05, 0) is 36.5 Å². The lowest BCUT2D eigenvalue weighted by Gasteiger charge is -2.35. The van der Waals surface area contributed by atoms with E-state index in [9.17, 15) is 9.90 Å². The fourth-order valence-corrected chi connectivity index (χ4v) is 3.75. The van der Waals surface area contributed by atoms with Gasteiger partial charge in [0.25, 0.3) is 5.91 Å². The van der Waals surface area contributed by atoms with Gasteiger partial charge in [-0.3, -0.25) is 4.79 Å². The molecule has 2 aliphatic rings. The van der Waals surface area contributed by atoms with Gasteiger partial charge in [0.2, 0.25) is 0 Å². The summed E-state index contributed by atoms with van der Waals surface area (Å²) in [5.41, 5.74) is 1.50. The van der Waals surface area contributed by atoms with Gasteiger partial charge in [0.1, 0.15) is 13.2 Å². The first-order valence-corrected chi connectivity index (χ1v) is 9.15. The van der Waals surface area contributed by atoms with Crippen molar-refractivity contribution in [1.82, 2.24) is 4.90 Å². The van der Waals surface area contributed by atoms with E-state index in [1.54, 1.807) is 6.07 Å². The number of benzene rings is 2. The van der Waals surface area contributed by atoms with Gasteiger partial charge in [0.05, 0.1) is 11.7 Å². The molecule has 5 nitrogen and oxygen atoms in total. The first-order valence-electron chi connectivity index (χ1n) is 9.15. The molecule has 1 atom stereocenters. The van der Waals surface area contributed by atoms with E-state index in [0.717, 1.165) is 18.4 Å². The Kier molecular flexibility index (Phi) is 4.80. The van der Waals surface area contributed by atoms with Gasteiger partial charge < -0.3 is 19.5 Å². The zero-order chi connectivity index (χ0) is 17.9. The topological polar surface area (TPSA) is 59.0 Å². The highest BCUT2D eigenvalue weighted by atomic mass is 16.6. The van der Waals surface area contributed by atoms with Crippen molar-refractivity contribution in [1.29, 1.82) is 0 Å². The van der Waals surface area contributed by atoms with Crippen molar-refractivity contribution in [3.8, 4) is 11.5 Å². The lowest BCUT2D eigenvalue weighted by molar-refractivity contribution is 0.0457. The summed E-state index contributed by atoms with van der Waals surface area (Å²) in [5, 5.41) is 10.6. The van der Waals surface area contributed by atoms with Crippen LogP contribution in [-0.4, -0.2) is 42.2 Å². The van der Waals surface area contributed by atoms with Crippen molar-refractivity contribution in [3.05, 3.63) is 59.7 Å². The number of ether oxygens (including phenoxy) is 2. The highest BCUT2D eigenvalue weighted by Crippen LogP contribution is 2.36. The minimum Gasteiger partial charge on any atom is -0.486 e. The van der Waals surface area contributed by atoms with Gasteiger partial charge in [-0.1, -0.05) is 36.4 Å². The Labute approximate surface area is 153 Å². The number of aliphatic hydroxyl groups excluding tert-OH is 1. The number of likely N-dealkylation sites (tertiary alicyclic amines) is 1. The highest BCUT2D eigenvalue weighted by molar-refractivity contribution is 5.98. The third kappa shape index (κ3) is 3.27. The molecule has 0 bridgehead atoms. The van der Waals surface area contributed by atoms with E-state index in [1.807, 2.05) is 47.4 Å². The molecule has 2 aliphatic heterocycles. The summed E-state index contributed by atoms with van der Waals surface area (Å²) in [6, 6.07) is 15.2. The maximum absolute atomic E-state index is 12.9. The highest BCUT2D eigenvalue weighted by Gasteiger charge is 2.30. The van der Waals surface area contributed by atoms with Crippen LogP contribution in [0, 0.1) is 5.92 Å². The number of hydrogen-bond donors (Lipinski definition) is 1. The van der Waals surface area contributed by atoms with Crippen LogP contribution >= 0.6 is 0 Å². The van der Waals surface area contributed by atoms with E-state index >= 15 is 0 Å². The molecule has 1 N–H and O–H groups in total. The van der Waals surface area contributed by atoms with Crippen molar-refractivity contribution in [2.45, 2.75) is 18.9 Å². The lowest BCUT2D eigenvalue weighted by atomic mass is 9.87. The third-order valence-electron chi connectivity index (χ3n) is 5.21. The Morgan fingerprint density at radius 1 is 1.00 bits per heavy atom. The van der Waals surface area contributed by atoms with Crippen LogP contribution in [0.3, 0.4) is 0 Å². The molecule has 2 aromatic rings. The Morgan fingerprint density at radius 3 is 2.50 bits per heavy atom. The molecular weight excluding hydrogens is 330 g/mol. The molecule has 5 heteroatoms. The number of amides is 1. The van der Waals surface area contributed by atoms with E-state index in [-0.39, 0.29) is 11.8 Å². The number of rotatable bonds is 3. The summed E-state index contributed by atoms with van der Waals surface area (Å²) < 4.78 is 11.2. The van der Waals surface area contributed by atoms with Crippen LogP contribution in [0.5, 0.6) is 11.5 Å². The molecule has 1 amide bonds. The number of hydrogen-bond acceptors (Lipinski definition) is 4. The molecule has 1 saturated heterocycles. The average molecular weight is 353 g/mol. The zero-order valence-corrected chi connectivity index (χ0v) is 14.6. The molecule has 0 radical (unpaired) electrons. The standard InChI is InChI=1S/C21H23NO4/c23-19(15-5-2-1-3-6-15)16-9-11-22(12-10-16)21(24)17-7-4-8-18-20(17)26-14-13-25-18/h1-8,16,19,23H,9-14H2. The summed E-state index contributed by atoms with van der Waals surface area (Å²) in [4.78, 5) is 14.8. The number of piperidine rings is 1. The first kappa shape index (κ1) is 16.9. The van der Waals surface area contributed by atoms with E-state index in [4.69, 9.17) is 9.47 Å². The minimum atomic E-state index is -0.477. The van der Waals surface area contributed by atoms with E-state index in [1.165, 1.54) is 0 Å². The van der Waals surface area contributed by atoms with Gasteiger partial charge in [-0.25, -0.2) is 0 Å². The van der Waals surface area contributed by atoms with Crippen LogP contribution in [0.25, 0.3) is 0 Å². The Balaban J connectivity index is 1.43. The third-order valence-corrected chi connectivity index (χ3v) is 5.21. The Morgan fingerprint density at radius 2 is 1.73 bits per heavy atom. The van der Waals surface area contributed by atoms with Crippen molar-refractivity contribution >= 4 is 5.91 Å². The van der Waals surface area contributed by atoms with Crippen LogP contribution in [-0.2, 0) is 0 Å². The van der Waals surface area contributed by atoms with Crippen LogP contribution in [0.15, 0.2) is 48.5 Å². The van der Waals surface area contributed by atoms with E-state index in [0.29, 0.717) is 43.4 Å².